The first kappa shape index (κ1) is 17.5. The molecule has 0 amide bonds. The Balaban J connectivity index is 2.65. The maximum absolute atomic E-state index is 6.02. The van der Waals surface area contributed by atoms with E-state index < -0.39 is 0 Å². The normalized spacial score (nSPS) is 11.1. The fraction of sp³-hybridized carbons (Fsp3) is 0.625. The number of hydrogen-bond donors (Lipinski definition) is 1. The van der Waals surface area contributed by atoms with Crippen molar-refractivity contribution in [2.24, 2.45) is 0 Å². The van der Waals surface area contributed by atoms with E-state index in [1.54, 1.807) is 0 Å². The number of nitrogens with one attached hydrogen (secondary N) is 1. The molecule has 0 bridgehead atoms. The zero-order valence-corrected chi connectivity index (χ0v) is 14.7. The topological polar surface area (TPSA) is 24.5 Å². The molecule has 114 valence electrons. The molecule has 0 fully saturated rings. The van der Waals surface area contributed by atoms with Gasteiger partial charge < -0.3 is 15.0 Å². The van der Waals surface area contributed by atoms with Gasteiger partial charge in [-0.05, 0) is 58.1 Å². The van der Waals surface area contributed by atoms with Crippen LogP contribution in [0.15, 0.2) is 16.6 Å². The zero-order chi connectivity index (χ0) is 15.0. The summed E-state index contributed by atoms with van der Waals surface area (Å²) in [6.07, 6.45) is 2.19. The molecule has 1 aromatic carbocycles. The molecule has 1 rings (SSSR count). The second-order valence-electron chi connectivity index (χ2n) is 5.39. The summed E-state index contributed by atoms with van der Waals surface area (Å²) in [6, 6.07) is 4.27. The fourth-order valence-corrected chi connectivity index (χ4v) is 2.71. The van der Waals surface area contributed by atoms with Crippen molar-refractivity contribution in [1.82, 2.24) is 10.2 Å². The molecular formula is C16H27BrN2O. The van der Waals surface area contributed by atoms with Gasteiger partial charge in [0.1, 0.15) is 5.75 Å². The molecule has 1 N–H and O–H groups in total. The van der Waals surface area contributed by atoms with Crippen LogP contribution in [0.25, 0.3) is 0 Å². The van der Waals surface area contributed by atoms with Crippen LogP contribution < -0.4 is 10.1 Å². The second-order valence-corrected chi connectivity index (χ2v) is 6.31. The SMILES string of the molecule is CCCNCc1cc(Br)cc(C)c1OCCCN(C)C. The van der Waals surface area contributed by atoms with Crippen LogP contribution in [-0.4, -0.2) is 38.7 Å². The van der Waals surface area contributed by atoms with E-state index in [2.05, 4.69) is 66.2 Å². The average molecular weight is 343 g/mol. The van der Waals surface area contributed by atoms with Crippen molar-refractivity contribution >= 4 is 15.9 Å². The van der Waals surface area contributed by atoms with Gasteiger partial charge in [-0.3, -0.25) is 0 Å². The standard InChI is InChI=1S/C16H27BrN2O/c1-5-7-18-12-14-11-15(17)10-13(2)16(14)20-9-6-8-19(3)4/h10-11,18H,5-9,12H2,1-4H3. The van der Waals surface area contributed by atoms with Crippen molar-refractivity contribution in [3.63, 3.8) is 0 Å². The van der Waals surface area contributed by atoms with Crippen molar-refractivity contribution in [3.05, 3.63) is 27.7 Å². The lowest BCUT2D eigenvalue weighted by Crippen LogP contribution is -2.17. The lowest BCUT2D eigenvalue weighted by molar-refractivity contribution is 0.277. The van der Waals surface area contributed by atoms with Crippen LogP contribution in [0.2, 0.25) is 0 Å². The van der Waals surface area contributed by atoms with Gasteiger partial charge in [-0.25, -0.2) is 0 Å². The highest BCUT2D eigenvalue weighted by molar-refractivity contribution is 9.10. The van der Waals surface area contributed by atoms with Gasteiger partial charge in [0.15, 0.2) is 0 Å². The Morgan fingerprint density at radius 1 is 1.30 bits per heavy atom. The fourth-order valence-electron chi connectivity index (χ4n) is 2.09. The van der Waals surface area contributed by atoms with Crippen LogP contribution >= 0.6 is 15.9 Å². The minimum atomic E-state index is 0.765. The molecule has 0 aliphatic rings. The van der Waals surface area contributed by atoms with Crippen LogP contribution in [0.1, 0.15) is 30.9 Å². The van der Waals surface area contributed by atoms with E-state index in [1.165, 1.54) is 11.1 Å². The van der Waals surface area contributed by atoms with Crippen molar-refractivity contribution < 1.29 is 4.74 Å². The van der Waals surface area contributed by atoms with Gasteiger partial charge in [0, 0.05) is 23.1 Å². The molecule has 0 aliphatic heterocycles. The molecule has 0 spiro atoms. The zero-order valence-electron chi connectivity index (χ0n) is 13.1. The first-order chi connectivity index (χ1) is 9.54. The summed E-state index contributed by atoms with van der Waals surface area (Å²) in [7, 11) is 4.18. The van der Waals surface area contributed by atoms with Crippen molar-refractivity contribution in [2.45, 2.75) is 33.2 Å². The first-order valence-electron chi connectivity index (χ1n) is 7.31. The molecule has 0 heterocycles. The molecule has 0 aliphatic carbocycles. The lowest BCUT2D eigenvalue weighted by atomic mass is 10.1. The lowest BCUT2D eigenvalue weighted by Gasteiger charge is -2.16. The molecule has 3 nitrogen and oxygen atoms in total. The molecular weight excluding hydrogens is 316 g/mol. The Bertz CT molecular complexity index is 408. The van der Waals surface area contributed by atoms with Crippen molar-refractivity contribution in [2.75, 3.05) is 33.8 Å². The predicted octanol–water partition coefficient (Wildman–Crippen LogP) is 3.59. The summed E-state index contributed by atoms with van der Waals surface area (Å²) in [5, 5.41) is 3.45. The van der Waals surface area contributed by atoms with Crippen LogP contribution in [0.5, 0.6) is 5.75 Å². The largest absolute Gasteiger partial charge is 0.493 e. The third kappa shape index (κ3) is 6.25. The Kier molecular flexibility index (Phi) is 8.19. The minimum Gasteiger partial charge on any atom is -0.493 e. The minimum absolute atomic E-state index is 0.765. The van der Waals surface area contributed by atoms with Crippen LogP contribution in [0.3, 0.4) is 0 Å². The van der Waals surface area contributed by atoms with E-state index in [0.717, 1.165) is 49.3 Å². The number of aryl methyl sites for hydroxylation is 1. The Morgan fingerprint density at radius 3 is 2.70 bits per heavy atom. The van der Waals surface area contributed by atoms with Gasteiger partial charge in [0.2, 0.25) is 0 Å². The first-order valence-corrected chi connectivity index (χ1v) is 8.11. The number of halogens is 1. The molecule has 0 aromatic heterocycles. The Labute approximate surface area is 131 Å². The average Bonchev–Trinajstić information content (AvgIpc) is 2.36. The maximum atomic E-state index is 6.02. The van der Waals surface area contributed by atoms with Crippen molar-refractivity contribution in [1.29, 1.82) is 0 Å². The summed E-state index contributed by atoms with van der Waals surface area (Å²) in [6.45, 7) is 8.00. The highest BCUT2D eigenvalue weighted by atomic mass is 79.9. The Morgan fingerprint density at radius 2 is 2.05 bits per heavy atom. The molecule has 0 unspecified atom stereocenters. The van der Waals surface area contributed by atoms with Gasteiger partial charge in [0.25, 0.3) is 0 Å². The molecule has 0 atom stereocenters. The smallest absolute Gasteiger partial charge is 0.126 e. The van der Waals surface area contributed by atoms with Gasteiger partial charge in [0.05, 0.1) is 6.61 Å². The van der Waals surface area contributed by atoms with E-state index in [-0.39, 0.29) is 0 Å². The molecule has 0 radical (unpaired) electrons. The quantitative estimate of drug-likeness (QED) is 0.694. The molecule has 4 heteroatoms. The van der Waals surface area contributed by atoms with Gasteiger partial charge in [-0.1, -0.05) is 22.9 Å². The summed E-state index contributed by atoms with van der Waals surface area (Å²) in [5.74, 6) is 1.04. The number of hydrogen-bond acceptors (Lipinski definition) is 3. The number of ether oxygens (including phenoxy) is 1. The summed E-state index contributed by atoms with van der Waals surface area (Å²) >= 11 is 3.57. The van der Waals surface area contributed by atoms with Gasteiger partial charge in [-0.2, -0.15) is 0 Å². The molecule has 1 aromatic rings. The molecule has 0 saturated carbocycles. The predicted molar refractivity (Wildman–Crippen MR) is 89.5 cm³/mol. The third-order valence-electron chi connectivity index (χ3n) is 3.05. The monoisotopic (exact) mass is 342 g/mol. The number of rotatable bonds is 9. The highest BCUT2D eigenvalue weighted by Gasteiger charge is 2.09. The van der Waals surface area contributed by atoms with E-state index in [9.17, 15) is 0 Å². The summed E-state index contributed by atoms with van der Waals surface area (Å²) in [4.78, 5) is 2.18. The van der Waals surface area contributed by atoms with E-state index in [0.29, 0.717) is 0 Å². The number of benzene rings is 1. The van der Waals surface area contributed by atoms with E-state index in [4.69, 9.17) is 4.74 Å². The summed E-state index contributed by atoms with van der Waals surface area (Å²) < 4.78 is 7.13. The van der Waals surface area contributed by atoms with Crippen LogP contribution in [0.4, 0.5) is 0 Å². The summed E-state index contributed by atoms with van der Waals surface area (Å²) in [5.41, 5.74) is 2.42. The van der Waals surface area contributed by atoms with E-state index in [1.807, 2.05) is 0 Å². The van der Waals surface area contributed by atoms with Crippen LogP contribution in [-0.2, 0) is 6.54 Å². The molecule has 0 saturated heterocycles. The molecule has 20 heavy (non-hydrogen) atoms. The maximum Gasteiger partial charge on any atom is 0.126 e. The highest BCUT2D eigenvalue weighted by Crippen LogP contribution is 2.28. The Hall–Kier alpha value is -0.580. The van der Waals surface area contributed by atoms with Gasteiger partial charge in [-0.15, -0.1) is 0 Å². The van der Waals surface area contributed by atoms with Crippen molar-refractivity contribution in [3.8, 4) is 5.75 Å². The second kappa shape index (κ2) is 9.37. The third-order valence-corrected chi connectivity index (χ3v) is 3.51. The van der Waals surface area contributed by atoms with Crippen LogP contribution in [0, 0.1) is 6.92 Å². The number of nitrogens with zero attached hydrogens (tertiary/aromatic N) is 1. The van der Waals surface area contributed by atoms with E-state index >= 15 is 0 Å². The van der Waals surface area contributed by atoms with Gasteiger partial charge >= 0.3 is 0 Å².